The van der Waals surface area contributed by atoms with Crippen LogP contribution in [0.2, 0.25) is 0 Å². The maximum atomic E-state index is 12.5. The maximum Gasteiger partial charge on any atom is 0.251 e. The van der Waals surface area contributed by atoms with Gasteiger partial charge in [-0.25, -0.2) is 8.42 Å². The van der Waals surface area contributed by atoms with Crippen molar-refractivity contribution < 1.29 is 13.2 Å². The van der Waals surface area contributed by atoms with Crippen LogP contribution in [0.15, 0.2) is 29.2 Å². The predicted octanol–water partition coefficient (Wildman–Crippen LogP) is 3.11. The molecule has 6 heteroatoms. The molecule has 26 heavy (non-hydrogen) atoms. The summed E-state index contributed by atoms with van der Waals surface area (Å²) >= 11 is 0. The van der Waals surface area contributed by atoms with E-state index in [1.54, 1.807) is 26.0 Å². The number of likely N-dealkylation sites (N-methyl/N-ethyl adjacent to an activating group) is 1. The average Bonchev–Trinajstić information content (AvgIpc) is 2.59. The predicted molar refractivity (Wildman–Crippen MR) is 105 cm³/mol. The lowest BCUT2D eigenvalue weighted by atomic mass is 9.75. The summed E-state index contributed by atoms with van der Waals surface area (Å²) in [5, 5.41) is 2.59. The van der Waals surface area contributed by atoms with Gasteiger partial charge in [0.15, 0.2) is 9.84 Å². The molecule has 0 aromatic heterocycles. The lowest BCUT2D eigenvalue weighted by Crippen LogP contribution is -2.55. The van der Waals surface area contributed by atoms with Crippen LogP contribution in [0.1, 0.15) is 56.8 Å². The van der Waals surface area contributed by atoms with Gasteiger partial charge in [0.05, 0.1) is 10.1 Å². The molecule has 1 fully saturated rings. The van der Waals surface area contributed by atoms with E-state index in [0.29, 0.717) is 18.0 Å². The van der Waals surface area contributed by atoms with Gasteiger partial charge in [0.2, 0.25) is 0 Å². The number of nitrogens with zero attached hydrogens (tertiary/aromatic N) is 1. The van der Waals surface area contributed by atoms with Crippen LogP contribution in [0, 0.1) is 5.92 Å². The van der Waals surface area contributed by atoms with Gasteiger partial charge in [0.25, 0.3) is 5.91 Å². The van der Waals surface area contributed by atoms with Gasteiger partial charge in [-0.05, 0) is 71.0 Å². The van der Waals surface area contributed by atoms with E-state index in [9.17, 15) is 13.2 Å². The van der Waals surface area contributed by atoms with E-state index in [1.807, 2.05) is 0 Å². The molecule has 1 aromatic rings. The third kappa shape index (κ3) is 4.46. The molecule has 0 bridgehead atoms. The molecule has 0 unspecified atom stereocenters. The molecule has 1 aliphatic rings. The number of carbonyl (C=O) groups is 1. The third-order valence-electron chi connectivity index (χ3n) is 5.66. The first kappa shape index (κ1) is 20.9. The number of nitrogens with one attached hydrogen (secondary N) is 1. The second-order valence-corrected chi connectivity index (χ2v) is 10.6. The topological polar surface area (TPSA) is 66.5 Å². The Morgan fingerprint density at radius 3 is 2.38 bits per heavy atom. The molecular formula is C20H32N2O3S. The first-order valence-corrected chi connectivity index (χ1v) is 10.9. The molecule has 0 aliphatic heterocycles. The second-order valence-electron chi connectivity index (χ2n) is 8.12. The van der Waals surface area contributed by atoms with Gasteiger partial charge in [-0.15, -0.1) is 0 Å². The fourth-order valence-electron chi connectivity index (χ4n) is 3.77. The highest BCUT2D eigenvalue weighted by Crippen LogP contribution is 2.35. The number of sulfone groups is 1. The molecular weight excluding hydrogens is 348 g/mol. The van der Waals surface area contributed by atoms with Gasteiger partial charge in [0.1, 0.15) is 0 Å². The lowest BCUT2D eigenvalue weighted by molar-refractivity contribution is 0.0675. The first-order valence-electron chi connectivity index (χ1n) is 9.38. The van der Waals surface area contributed by atoms with Gasteiger partial charge in [-0.1, -0.05) is 19.8 Å². The van der Waals surface area contributed by atoms with Crippen molar-refractivity contribution in [1.29, 1.82) is 0 Å². The van der Waals surface area contributed by atoms with Crippen LogP contribution in [-0.4, -0.2) is 50.7 Å². The number of hydrogen-bond acceptors (Lipinski definition) is 4. The van der Waals surface area contributed by atoms with Crippen molar-refractivity contribution in [3.05, 3.63) is 29.8 Å². The highest BCUT2D eigenvalue weighted by atomic mass is 32.2. The van der Waals surface area contributed by atoms with Crippen LogP contribution in [0.5, 0.6) is 0 Å². The van der Waals surface area contributed by atoms with Crippen molar-refractivity contribution in [2.45, 2.75) is 62.1 Å². The van der Waals surface area contributed by atoms with Gasteiger partial charge < -0.3 is 10.2 Å². The average molecular weight is 381 g/mol. The largest absolute Gasteiger partial charge is 0.350 e. The molecule has 146 valence electrons. The van der Waals surface area contributed by atoms with E-state index in [0.717, 1.165) is 12.8 Å². The molecule has 2 rings (SSSR count). The summed E-state index contributed by atoms with van der Waals surface area (Å²) in [6, 6.07) is 6.23. The number of hydrogen-bond donors (Lipinski definition) is 1. The summed E-state index contributed by atoms with van der Waals surface area (Å²) in [5.74, 6) is 0.501. The molecule has 2 atom stereocenters. The quantitative estimate of drug-likeness (QED) is 0.823. The molecule has 1 saturated carbocycles. The summed E-state index contributed by atoms with van der Waals surface area (Å²) in [5.41, 5.74) is 0.485. The second kappa shape index (κ2) is 8.09. The van der Waals surface area contributed by atoms with Crippen molar-refractivity contribution in [2.75, 3.05) is 20.6 Å². The van der Waals surface area contributed by atoms with Crippen molar-refractivity contribution >= 4 is 15.7 Å². The Labute approximate surface area is 158 Å². The van der Waals surface area contributed by atoms with E-state index >= 15 is 0 Å². The van der Waals surface area contributed by atoms with Crippen molar-refractivity contribution in [3.63, 3.8) is 0 Å². The van der Waals surface area contributed by atoms with Gasteiger partial charge in [-0.2, -0.15) is 0 Å². The Bertz CT molecular complexity index is 726. The summed E-state index contributed by atoms with van der Waals surface area (Å²) in [6.45, 7) is 6.19. The van der Waals surface area contributed by atoms with Crippen LogP contribution in [0.3, 0.4) is 0 Å². The van der Waals surface area contributed by atoms with Crippen LogP contribution in [0.25, 0.3) is 0 Å². The van der Waals surface area contributed by atoms with Gasteiger partial charge in [-0.3, -0.25) is 4.79 Å². The highest BCUT2D eigenvalue weighted by Gasteiger charge is 2.37. The zero-order chi connectivity index (χ0) is 19.5. The maximum absolute atomic E-state index is 12.5. The van der Waals surface area contributed by atoms with Crippen molar-refractivity contribution in [1.82, 2.24) is 10.2 Å². The Balaban J connectivity index is 2.08. The SMILES string of the molecule is CC(C)S(=O)(=O)c1ccc(C(=O)NC[C@]2(N(C)C)CCC[C@@H](C)C2)cc1. The van der Waals surface area contributed by atoms with E-state index in [-0.39, 0.29) is 16.3 Å². The van der Waals surface area contributed by atoms with Crippen molar-refractivity contribution in [3.8, 4) is 0 Å². The number of carbonyl (C=O) groups excluding carboxylic acids is 1. The van der Waals surface area contributed by atoms with Crippen molar-refractivity contribution in [2.24, 2.45) is 5.92 Å². The lowest BCUT2D eigenvalue weighted by Gasteiger charge is -2.45. The zero-order valence-corrected chi connectivity index (χ0v) is 17.4. The molecule has 0 saturated heterocycles. The summed E-state index contributed by atoms with van der Waals surface area (Å²) < 4.78 is 24.4. The van der Waals surface area contributed by atoms with Gasteiger partial charge in [0, 0.05) is 17.6 Å². The number of amides is 1. The Morgan fingerprint density at radius 2 is 1.88 bits per heavy atom. The Kier molecular flexibility index (Phi) is 6.51. The van der Waals surface area contributed by atoms with Crippen LogP contribution in [-0.2, 0) is 9.84 Å². The smallest absolute Gasteiger partial charge is 0.251 e. The first-order chi connectivity index (χ1) is 12.1. The Hall–Kier alpha value is -1.40. The number of benzene rings is 1. The van der Waals surface area contributed by atoms with E-state index in [4.69, 9.17) is 0 Å². The monoisotopic (exact) mass is 380 g/mol. The molecule has 0 radical (unpaired) electrons. The minimum atomic E-state index is -3.31. The highest BCUT2D eigenvalue weighted by molar-refractivity contribution is 7.92. The Morgan fingerprint density at radius 1 is 1.27 bits per heavy atom. The summed E-state index contributed by atoms with van der Waals surface area (Å²) in [4.78, 5) is 15.0. The molecule has 5 nitrogen and oxygen atoms in total. The fourth-order valence-corrected chi connectivity index (χ4v) is 4.83. The van der Waals surface area contributed by atoms with Crippen LogP contribution < -0.4 is 5.32 Å². The molecule has 0 spiro atoms. The fraction of sp³-hybridized carbons (Fsp3) is 0.650. The normalized spacial score (nSPS) is 24.0. The summed E-state index contributed by atoms with van der Waals surface area (Å²) in [7, 11) is 0.844. The number of rotatable bonds is 6. The molecule has 0 heterocycles. The minimum Gasteiger partial charge on any atom is -0.350 e. The molecule has 1 amide bonds. The van der Waals surface area contributed by atoms with E-state index in [1.165, 1.54) is 25.0 Å². The van der Waals surface area contributed by atoms with Gasteiger partial charge >= 0.3 is 0 Å². The van der Waals surface area contributed by atoms with E-state index < -0.39 is 15.1 Å². The zero-order valence-electron chi connectivity index (χ0n) is 16.6. The standard InChI is InChI=1S/C20H32N2O3S/c1-15(2)26(24,25)18-10-8-17(9-11-18)19(23)21-14-20(22(4)5)12-6-7-16(3)13-20/h8-11,15-16H,6-7,12-14H2,1-5H3,(H,21,23)/t16-,20+/m1/s1. The molecule has 1 aromatic carbocycles. The van der Waals surface area contributed by atoms with Crippen LogP contribution >= 0.6 is 0 Å². The molecule has 1 N–H and O–H groups in total. The van der Waals surface area contributed by atoms with E-state index in [2.05, 4.69) is 31.2 Å². The molecule has 1 aliphatic carbocycles. The third-order valence-corrected chi connectivity index (χ3v) is 7.83. The summed E-state index contributed by atoms with van der Waals surface area (Å²) in [6.07, 6.45) is 4.58. The minimum absolute atomic E-state index is 0.00571. The van der Waals surface area contributed by atoms with Crippen LogP contribution in [0.4, 0.5) is 0 Å².